The van der Waals surface area contributed by atoms with Gasteiger partial charge in [0, 0.05) is 37.4 Å². The number of carbonyl (C=O) groups excluding carboxylic acids is 3. The van der Waals surface area contributed by atoms with E-state index in [-0.39, 0.29) is 36.1 Å². The summed E-state index contributed by atoms with van der Waals surface area (Å²) in [6.07, 6.45) is 0.212. The Balaban J connectivity index is 1.34. The van der Waals surface area contributed by atoms with Gasteiger partial charge in [-0.3, -0.25) is 14.4 Å². The molecule has 0 radical (unpaired) electrons. The molecule has 4 rings (SSSR count). The Hall–Kier alpha value is -3.52. The average molecular weight is 477 g/mol. The molecule has 3 amide bonds. The molecule has 0 bridgehead atoms. The normalized spacial score (nSPS) is 16.4. The highest BCUT2D eigenvalue weighted by Crippen LogP contribution is 2.28. The SMILES string of the molecule is CC(=O)NC(C)c1ccc(-c2csc(NC(=O)C3CC(=O)N(Cc4ccc(C)cc4)C3)n2)cc1. The molecule has 8 heteroatoms. The Morgan fingerprint density at radius 2 is 1.85 bits per heavy atom. The Morgan fingerprint density at radius 1 is 1.15 bits per heavy atom. The number of likely N-dealkylation sites (tertiary alicyclic amines) is 1. The molecule has 2 aromatic carbocycles. The van der Waals surface area contributed by atoms with E-state index in [1.54, 1.807) is 4.90 Å². The van der Waals surface area contributed by atoms with E-state index in [0.29, 0.717) is 18.2 Å². The topological polar surface area (TPSA) is 91.4 Å². The molecule has 34 heavy (non-hydrogen) atoms. The lowest BCUT2D eigenvalue weighted by molar-refractivity contribution is -0.128. The molecule has 1 fully saturated rings. The molecule has 2 N–H and O–H groups in total. The number of nitrogens with one attached hydrogen (secondary N) is 2. The first-order valence-corrected chi connectivity index (χ1v) is 12.1. The van der Waals surface area contributed by atoms with Gasteiger partial charge in [0.25, 0.3) is 0 Å². The van der Waals surface area contributed by atoms with Crippen molar-refractivity contribution in [1.29, 1.82) is 0 Å². The van der Waals surface area contributed by atoms with Crippen molar-refractivity contribution in [2.45, 2.75) is 39.8 Å². The van der Waals surface area contributed by atoms with Crippen LogP contribution < -0.4 is 10.6 Å². The van der Waals surface area contributed by atoms with Gasteiger partial charge < -0.3 is 15.5 Å². The van der Waals surface area contributed by atoms with Crippen molar-refractivity contribution in [2.24, 2.45) is 5.92 Å². The Kier molecular flexibility index (Phi) is 7.07. The lowest BCUT2D eigenvalue weighted by atomic mass is 10.1. The number of anilines is 1. The minimum absolute atomic E-state index is 0.00543. The maximum atomic E-state index is 12.8. The number of aryl methyl sites for hydroxylation is 1. The van der Waals surface area contributed by atoms with Crippen molar-refractivity contribution < 1.29 is 14.4 Å². The largest absolute Gasteiger partial charge is 0.350 e. The summed E-state index contributed by atoms with van der Waals surface area (Å²) in [6, 6.07) is 15.8. The molecule has 176 valence electrons. The number of nitrogens with zero attached hydrogens (tertiary/aromatic N) is 2. The summed E-state index contributed by atoms with van der Waals surface area (Å²) in [5.74, 6) is -0.646. The molecule has 3 aromatic rings. The van der Waals surface area contributed by atoms with Crippen LogP contribution >= 0.6 is 11.3 Å². The van der Waals surface area contributed by atoms with Crippen LogP contribution in [0.15, 0.2) is 53.9 Å². The first-order valence-electron chi connectivity index (χ1n) is 11.3. The fourth-order valence-electron chi connectivity index (χ4n) is 4.02. The minimum Gasteiger partial charge on any atom is -0.350 e. The predicted molar refractivity (Wildman–Crippen MR) is 133 cm³/mol. The van der Waals surface area contributed by atoms with Crippen molar-refractivity contribution in [3.05, 3.63) is 70.6 Å². The van der Waals surface area contributed by atoms with Gasteiger partial charge in [-0.1, -0.05) is 54.1 Å². The zero-order chi connectivity index (χ0) is 24.2. The van der Waals surface area contributed by atoms with Crippen molar-refractivity contribution in [1.82, 2.24) is 15.2 Å². The van der Waals surface area contributed by atoms with E-state index in [2.05, 4.69) is 15.6 Å². The maximum Gasteiger partial charge on any atom is 0.231 e. The van der Waals surface area contributed by atoms with Gasteiger partial charge in [0.1, 0.15) is 0 Å². The fourth-order valence-corrected chi connectivity index (χ4v) is 4.74. The number of benzene rings is 2. The van der Waals surface area contributed by atoms with Gasteiger partial charge in [0.15, 0.2) is 5.13 Å². The molecular weight excluding hydrogens is 448 g/mol. The van der Waals surface area contributed by atoms with Crippen LogP contribution in [-0.2, 0) is 20.9 Å². The molecule has 0 aliphatic carbocycles. The van der Waals surface area contributed by atoms with E-state index in [0.717, 1.165) is 22.4 Å². The second-order valence-electron chi connectivity index (χ2n) is 8.73. The predicted octanol–water partition coefficient (Wildman–Crippen LogP) is 4.30. The smallest absolute Gasteiger partial charge is 0.231 e. The summed E-state index contributed by atoms with van der Waals surface area (Å²) >= 11 is 1.36. The van der Waals surface area contributed by atoms with Crippen molar-refractivity contribution >= 4 is 34.2 Å². The molecule has 1 aliphatic heterocycles. The van der Waals surface area contributed by atoms with Gasteiger partial charge in [-0.05, 0) is 25.0 Å². The summed E-state index contributed by atoms with van der Waals surface area (Å²) in [4.78, 5) is 42.8. The number of amides is 3. The van der Waals surface area contributed by atoms with Crippen LogP contribution in [-0.4, -0.2) is 34.2 Å². The first-order chi connectivity index (χ1) is 16.3. The van der Waals surface area contributed by atoms with Crippen LogP contribution in [0.3, 0.4) is 0 Å². The van der Waals surface area contributed by atoms with Crippen LogP contribution in [0, 0.1) is 12.8 Å². The number of hydrogen-bond acceptors (Lipinski definition) is 5. The van der Waals surface area contributed by atoms with Crippen molar-refractivity contribution in [3.8, 4) is 11.3 Å². The Bertz CT molecular complexity index is 1190. The van der Waals surface area contributed by atoms with Crippen LogP contribution in [0.5, 0.6) is 0 Å². The zero-order valence-corrected chi connectivity index (χ0v) is 20.3. The highest BCUT2D eigenvalue weighted by atomic mass is 32.1. The second kappa shape index (κ2) is 10.2. The average Bonchev–Trinajstić information content (AvgIpc) is 3.42. The molecule has 2 unspecified atom stereocenters. The number of carbonyl (C=O) groups is 3. The van der Waals surface area contributed by atoms with Crippen molar-refractivity contribution in [2.75, 3.05) is 11.9 Å². The molecule has 7 nitrogen and oxygen atoms in total. The molecule has 2 heterocycles. The van der Waals surface area contributed by atoms with E-state index in [1.807, 2.05) is 67.8 Å². The monoisotopic (exact) mass is 476 g/mol. The van der Waals surface area contributed by atoms with E-state index in [9.17, 15) is 14.4 Å². The van der Waals surface area contributed by atoms with Crippen LogP contribution in [0.1, 0.15) is 43.0 Å². The molecule has 1 aliphatic rings. The highest BCUT2D eigenvalue weighted by molar-refractivity contribution is 7.14. The number of rotatable bonds is 7. The van der Waals surface area contributed by atoms with Gasteiger partial charge in [0.05, 0.1) is 17.7 Å². The Labute approximate surface area is 203 Å². The third-order valence-corrected chi connectivity index (χ3v) is 6.70. The van der Waals surface area contributed by atoms with Crippen molar-refractivity contribution in [3.63, 3.8) is 0 Å². The van der Waals surface area contributed by atoms with Crippen LogP contribution in [0.4, 0.5) is 5.13 Å². The van der Waals surface area contributed by atoms with E-state index >= 15 is 0 Å². The zero-order valence-electron chi connectivity index (χ0n) is 19.5. The van der Waals surface area contributed by atoms with Gasteiger partial charge in [-0.15, -0.1) is 11.3 Å². The van der Waals surface area contributed by atoms with Gasteiger partial charge >= 0.3 is 0 Å². The Morgan fingerprint density at radius 3 is 2.53 bits per heavy atom. The molecule has 0 spiro atoms. The highest BCUT2D eigenvalue weighted by Gasteiger charge is 2.34. The number of hydrogen-bond donors (Lipinski definition) is 2. The van der Waals surface area contributed by atoms with Gasteiger partial charge in [-0.2, -0.15) is 0 Å². The lowest BCUT2D eigenvalue weighted by Crippen LogP contribution is -2.28. The summed E-state index contributed by atoms with van der Waals surface area (Å²) < 4.78 is 0. The molecule has 1 aromatic heterocycles. The fraction of sp³-hybridized carbons (Fsp3) is 0.308. The molecule has 1 saturated heterocycles. The summed E-state index contributed by atoms with van der Waals surface area (Å²) in [5, 5.41) is 8.15. The third-order valence-electron chi connectivity index (χ3n) is 5.94. The quantitative estimate of drug-likeness (QED) is 0.532. The standard InChI is InChI=1S/C26H28N4O3S/c1-16-4-6-19(7-5-16)13-30-14-22(12-24(30)32)25(33)29-26-28-23(15-34-26)21-10-8-20(9-11-21)17(2)27-18(3)31/h4-11,15,17,22H,12-14H2,1-3H3,(H,27,31)(H,28,29,33). The summed E-state index contributed by atoms with van der Waals surface area (Å²) in [6.45, 7) is 6.38. The van der Waals surface area contributed by atoms with Gasteiger partial charge in [-0.25, -0.2) is 4.98 Å². The summed E-state index contributed by atoms with van der Waals surface area (Å²) in [7, 11) is 0. The summed E-state index contributed by atoms with van der Waals surface area (Å²) in [5.41, 5.74) is 4.93. The second-order valence-corrected chi connectivity index (χ2v) is 9.59. The lowest BCUT2D eigenvalue weighted by Gasteiger charge is -2.16. The van der Waals surface area contributed by atoms with Crippen LogP contribution in [0.25, 0.3) is 11.3 Å². The molecule has 2 atom stereocenters. The first kappa shape index (κ1) is 23.6. The molecule has 0 saturated carbocycles. The number of thiazole rings is 1. The minimum atomic E-state index is -0.389. The third kappa shape index (κ3) is 5.69. The van der Waals surface area contributed by atoms with E-state index < -0.39 is 0 Å². The maximum absolute atomic E-state index is 12.8. The molecular formula is C26H28N4O3S. The van der Waals surface area contributed by atoms with E-state index in [1.165, 1.54) is 23.8 Å². The van der Waals surface area contributed by atoms with Crippen LogP contribution in [0.2, 0.25) is 0 Å². The van der Waals surface area contributed by atoms with Gasteiger partial charge in [0.2, 0.25) is 17.7 Å². The van der Waals surface area contributed by atoms with E-state index in [4.69, 9.17) is 0 Å². The number of aromatic nitrogens is 1.